The number of nitrogens with zero attached hydrogens (tertiary/aromatic N) is 5. The van der Waals surface area contributed by atoms with Crippen LogP contribution >= 0.6 is 34.8 Å². The zero-order valence-electron chi connectivity index (χ0n) is 18.4. The summed E-state index contributed by atoms with van der Waals surface area (Å²) in [7, 11) is 1.78. The Morgan fingerprint density at radius 3 is 2.39 bits per heavy atom. The first-order valence-corrected chi connectivity index (χ1v) is 11.6. The van der Waals surface area contributed by atoms with Gasteiger partial charge in [0, 0.05) is 56.4 Å². The van der Waals surface area contributed by atoms with Gasteiger partial charge in [-0.3, -0.25) is 4.79 Å². The van der Waals surface area contributed by atoms with Crippen LogP contribution in [0, 0.1) is 0 Å². The molecule has 2 saturated heterocycles. The second-order valence-corrected chi connectivity index (χ2v) is 8.93. The lowest BCUT2D eigenvalue weighted by Crippen LogP contribution is -2.46. The Morgan fingerprint density at radius 2 is 1.85 bits per heavy atom. The van der Waals surface area contributed by atoms with Crippen LogP contribution in [0.25, 0.3) is 0 Å². The number of hydrogen-bond acceptors (Lipinski definition) is 6. The Balaban J connectivity index is 0.000000374. The second-order valence-electron chi connectivity index (χ2n) is 7.68. The third kappa shape index (κ3) is 6.75. The van der Waals surface area contributed by atoms with E-state index in [1.165, 1.54) is 0 Å². The van der Waals surface area contributed by atoms with Gasteiger partial charge >= 0.3 is 6.03 Å². The van der Waals surface area contributed by atoms with Gasteiger partial charge in [-0.1, -0.05) is 40.9 Å². The van der Waals surface area contributed by atoms with Crippen LogP contribution in [-0.2, 0) is 4.79 Å². The van der Waals surface area contributed by atoms with Gasteiger partial charge in [0.05, 0.1) is 12.2 Å². The minimum Gasteiger partial charge on any atom is -0.362 e. The fraction of sp³-hybridized carbons (Fsp3) is 0.429. The summed E-state index contributed by atoms with van der Waals surface area (Å²) in [5, 5.41) is 7.53. The van der Waals surface area contributed by atoms with Gasteiger partial charge in [-0.25, -0.2) is 9.78 Å². The number of benzene rings is 1. The maximum absolute atomic E-state index is 10.8. The molecule has 0 spiro atoms. The first-order chi connectivity index (χ1) is 15.8. The van der Waals surface area contributed by atoms with Crippen molar-refractivity contribution < 1.29 is 9.59 Å². The zero-order chi connectivity index (χ0) is 24.0. The Bertz CT molecular complexity index is 986. The number of hydrogen-bond donors (Lipinski definition) is 2. The van der Waals surface area contributed by atoms with E-state index in [1.54, 1.807) is 35.2 Å². The monoisotopic (exact) mass is 513 g/mol. The van der Waals surface area contributed by atoms with E-state index in [4.69, 9.17) is 34.8 Å². The fourth-order valence-corrected chi connectivity index (χ4v) is 4.06. The van der Waals surface area contributed by atoms with E-state index in [1.807, 2.05) is 17.9 Å². The zero-order valence-corrected chi connectivity index (χ0v) is 20.7. The van der Waals surface area contributed by atoms with Gasteiger partial charge in [-0.05, 0) is 24.6 Å². The van der Waals surface area contributed by atoms with E-state index in [9.17, 15) is 9.59 Å². The molecule has 2 aromatic rings. The van der Waals surface area contributed by atoms with Crippen molar-refractivity contribution in [3.8, 4) is 0 Å². The molecule has 3 amide bonds. The number of amides is 3. The van der Waals surface area contributed by atoms with Crippen LogP contribution in [0.3, 0.4) is 0 Å². The lowest BCUT2D eigenvalue weighted by Gasteiger charge is -2.32. The highest BCUT2D eigenvalue weighted by Gasteiger charge is 2.20. The molecule has 0 radical (unpaired) electrons. The van der Waals surface area contributed by atoms with Gasteiger partial charge in [0.15, 0.2) is 5.82 Å². The minimum absolute atomic E-state index is 0.0417. The summed E-state index contributed by atoms with van der Waals surface area (Å²) < 4.78 is 0. The first kappa shape index (κ1) is 25.1. The molecule has 2 N–H and O–H groups in total. The molecule has 1 atom stereocenters. The molecule has 0 aliphatic carbocycles. The maximum Gasteiger partial charge on any atom is 0.317 e. The number of piperazine rings is 1. The molecule has 33 heavy (non-hydrogen) atoms. The number of rotatable bonds is 5. The maximum atomic E-state index is 10.8. The molecule has 4 rings (SSSR count). The van der Waals surface area contributed by atoms with E-state index in [2.05, 4.69) is 20.6 Å². The Kier molecular flexibility index (Phi) is 8.82. The van der Waals surface area contributed by atoms with Crippen LogP contribution in [0.5, 0.6) is 0 Å². The van der Waals surface area contributed by atoms with Crippen LogP contribution < -0.4 is 15.5 Å². The van der Waals surface area contributed by atoms with Crippen LogP contribution in [0.4, 0.5) is 16.6 Å². The molecule has 2 aliphatic heterocycles. The summed E-state index contributed by atoms with van der Waals surface area (Å²) in [6.07, 6.45) is 2.44. The van der Waals surface area contributed by atoms with Gasteiger partial charge < -0.3 is 25.3 Å². The molecule has 178 valence electrons. The number of anilines is 2. The van der Waals surface area contributed by atoms with E-state index in [-0.39, 0.29) is 12.1 Å². The van der Waals surface area contributed by atoms with Crippen molar-refractivity contribution in [2.45, 2.75) is 13.0 Å². The van der Waals surface area contributed by atoms with Crippen LogP contribution in [-0.4, -0.2) is 78.5 Å². The molecule has 0 bridgehead atoms. The molecular weight excluding hydrogens is 489 g/mol. The van der Waals surface area contributed by atoms with Gasteiger partial charge in [-0.2, -0.15) is 4.98 Å². The van der Waals surface area contributed by atoms with Crippen LogP contribution in [0.2, 0.25) is 15.1 Å². The third-order valence-corrected chi connectivity index (χ3v) is 6.17. The highest BCUT2D eigenvalue weighted by atomic mass is 35.5. The number of urea groups is 1. The number of carbonyl (C=O) groups excluding carboxylic acids is 2. The Labute approximate surface area is 208 Å². The van der Waals surface area contributed by atoms with Crippen molar-refractivity contribution >= 4 is 59.0 Å². The normalized spacial score (nSPS) is 16.6. The molecule has 1 aromatic heterocycles. The molecule has 2 fully saturated rings. The highest BCUT2D eigenvalue weighted by Crippen LogP contribution is 2.30. The van der Waals surface area contributed by atoms with Crippen molar-refractivity contribution in [3.63, 3.8) is 0 Å². The second kappa shape index (κ2) is 11.6. The van der Waals surface area contributed by atoms with Crippen molar-refractivity contribution in [3.05, 3.63) is 45.0 Å². The van der Waals surface area contributed by atoms with Gasteiger partial charge in [0.25, 0.3) is 0 Å². The van der Waals surface area contributed by atoms with E-state index in [0.29, 0.717) is 53.0 Å². The largest absolute Gasteiger partial charge is 0.362 e. The molecular formula is C21H26Cl3N7O2. The van der Waals surface area contributed by atoms with Gasteiger partial charge in [0.2, 0.25) is 12.4 Å². The number of nitrogens with one attached hydrogen (secondary N) is 2. The predicted octanol–water partition coefficient (Wildman–Crippen LogP) is 3.53. The number of halogens is 3. The van der Waals surface area contributed by atoms with Crippen LogP contribution in [0.1, 0.15) is 18.5 Å². The lowest BCUT2D eigenvalue weighted by atomic mass is 10.1. The highest BCUT2D eigenvalue weighted by molar-refractivity contribution is 6.35. The molecule has 12 heteroatoms. The van der Waals surface area contributed by atoms with E-state index >= 15 is 0 Å². The Hall–Kier alpha value is -2.49. The molecule has 1 unspecified atom stereocenters. The molecule has 1 aromatic carbocycles. The predicted molar refractivity (Wildman–Crippen MR) is 131 cm³/mol. The summed E-state index contributed by atoms with van der Waals surface area (Å²) in [5.41, 5.74) is 0.895. The number of aromatic nitrogens is 2. The minimum atomic E-state index is -0.119. The summed E-state index contributed by atoms with van der Waals surface area (Å²) >= 11 is 18.5. The fourth-order valence-electron chi connectivity index (χ4n) is 3.34. The summed E-state index contributed by atoms with van der Waals surface area (Å²) in [5.74, 6) is 1.12. The third-order valence-electron chi connectivity index (χ3n) is 5.33. The average Bonchev–Trinajstić information content (AvgIpc) is 3.18. The molecule has 9 nitrogen and oxygen atoms in total. The quantitative estimate of drug-likeness (QED) is 0.593. The van der Waals surface area contributed by atoms with Crippen molar-refractivity contribution in [2.75, 3.05) is 56.5 Å². The Morgan fingerprint density at radius 1 is 1.12 bits per heavy atom. The SMILES string of the molecule is CC(Nc1nc(N2CCN(C=O)CC2)ncc1Cl)c1ccc(Cl)cc1Cl.CN1CCNC1=O. The molecule has 3 heterocycles. The topological polar surface area (TPSA) is 93.7 Å². The summed E-state index contributed by atoms with van der Waals surface area (Å²) in [4.78, 5) is 35.5. The summed E-state index contributed by atoms with van der Waals surface area (Å²) in [6, 6.07) is 5.29. The smallest absolute Gasteiger partial charge is 0.317 e. The van der Waals surface area contributed by atoms with Crippen LogP contribution in [0.15, 0.2) is 24.4 Å². The standard InChI is InChI=1S/C17H18Cl3N5O.C4H8N2O/c1-11(13-3-2-12(18)8-14(13)19)22-16-15(20)9-21-17(23-16)25-6-4-24(10-26)5-7-25;1-6-3-2-5-4(6)7/h2-3,8-11H,4-7H2,1H3,(H,21,22,23);2-3H2,1H3,(H,5,7). The van der Waals surface area contributed by atoms with Gasteiger partial charge in [0.1, 0.15) is 5.02 Å². The summed E-state index contributed by atoms with van der Waals surface area (Å²) in [6.45, 7) is 6.27. The van der Waals surface area contributed by atoms with Crippen molar-refractivity contribution in [1.82, 2.24) is 25.1 Å². The number of carbonyl (C=O) groups is 2. The average molecular weight is 515 g/mol. The van der Waals surface area contributed by atoms with Gasteiger partial charge in [-0.15, -0.1) is 0 Å². The van der Waals surface area contributed by atoms with Crippen molar-refractivity contribution in [2.24, 2.45) is 0 Å². The first-order valence-electron chi connectivity index (χ1n) is 10.5. The van der Waals surface area contributed by atoms with E-state index < -0.39 is 0 Å². The number of likely N-dealkylation sites (N-methyl/N-ethyl adjacent to an activating group) is 1. The molecule has 2 aliphatic rings. The van der Waals surface area contributed by atoms with Crippen molar-refractivity contribution in [1.29, 1.82) is 0 Å². The lowest BCUT2D eigenvalue weighted by molar-refractivity contribution is -0.118. The van der Waals surface area contributed by atoms with E-state index in [0.717, 1.165) is 25.1 Å². The molecule has 0 saturated carbocycles.